The Bertz CT molecular complexity index is 1060. The minimum absolute atomic E-state index is 0.0419. The summed E-state index contributed by atoms with van der Waals surface area (Å²) >= 11 is 0. The number of hydrogen-bond acceptors (Lipinski definition) is 7. The van der Waals surface area contributed by atoms with E-state index in [1.165, 1.54) is 7.11 Å². The Hall–Kier alpha value is -3.52. The number of carbonyl (C=O) groups is 2. The van der Waals surface area contributed by atoms with E-state index in [9.17, 15) is 9.59 Å². The second-order valence-corrected chi connectivity index (χ2v) is 7.88. The number of aliphatic imine (C=N–C) groups is 1. The number of rotatable bonds is 9. The molecule has 1 aliphatic rings. The topological polar surface area (TPSA) is 118 Å². The Morgan fingerprint density at radius 3 is 2.64 bits per heavy atom. The van der Waals surface area contributed by atoms with Crippen LogP contribution in [0.15, 0.2) is 47.1 Å². The molecule has 0 saturated heterocycles. The van der Waals surface area contributed by atoms with Crippen LogP contribution < -0.4 is 5.73 Å². The molecule has 0 bridgehead atoms. The van der Waals surface area contributed by atoms with Crippen molar-refractivity contribution in [1.29, 1.82) is 0 Å². The van der Waals surface area contributed by atoms with Gasteiger partial charge in [-0.15, -0.1) is 0 Å². The van der Waals surface area contributed by atoms with Gasteiger partial charge in [0.05, 0.1) is 24.9 Å². The Morgan fingerprint density at radius 1 is 1.18 bits per heavy atom. The number of aliphatic hydroxyl groups excluding tert-OH is 1. The van der Waals surface area contributed by atoms with Crippen molar-refractivity contribution in [3.05, 3.63) is 53.4 Å². The normalized spacial score (nSPS) is 12.8. The summed E-state index contributed by atoms with van der Waals surface area (Å²) in [6.07, 6.45) is 5.32. The van der Waals surface area contributed by atoms with E-state index in [0.29, 0.717) is 42.3 Å². The van der Waals surface area contributed by atoms with Crippen molar-refractivity contribution in [2.24, 2.45) is 10.7 Å². The molecule has 0 atom stereocenters. The third-order valence-corrected chi connectivity index (χ3v) is 5.35. The number of ether oxygens (including phenoxy) is 1. The predicted molar refractivity (Wildman–Crippen MR) is 128 cm³/mol. The predicted octanol–water partition coefficient (Wildman–Crippen LogP) is 2.86. The molecule has 1 aliphatic heterocycles. The number of methoxy groups -OCH3 is 1. The van der Waals surface area contributed by atoms with Crippen LogP contribution in [0.3, 0.4) is 0 Å². The molecule has 0 unspecified atom stereocenters. The van der Waals surface area contributed by atoms with Crippen molar-refractivity contribution < 1.29 is 19.4 Å². The van der Waals surface area contributed by atoms with E-state index in [1.807, 2.05) is 37.3 Å². The van der Waals surface area contributed by atoms with Gasteiger partial charge < -0.3 is 20.5 Å². The highest BCUT2D eigenvalue weighted by atomic mass is 16.5. The molecule has 0 spiro atoms. The Balaban J connectivity index is 1.87. The monoisotopic (exact) mass is 450 g/mol. The highest BCUT2D eigenvalue weighted by Gasteiger charge is 2.21. The average molecular weight is 451 g/mol. The van der Waals surface area contributed by atoms with E-state index in [-0.39, 0.29) is 31.3 Å². The van der Waals surface area contributed by atoms with Gasteiger partial charge in [0.15, 0.2) is 0 Å². The van der Waals surface area contributed by atoms with Crippen molar-refractivity contribution in [2.75, 3.05) is 26.8 Å². The number of amidine groups is 1. The summed E-state index contributed by atoms with van der Waals surface area (Å²) in [5.41, 5.74) is 10.7. The number of nitrogens with zero attached hydrogens (tertiary/aromatic N) is 3. The zero-order valence-corrected chi connectivity index (χ0v) is 19.1. The number of benzene rings is 1. The molecule has 33 heavy (non-hydrogen) atoms. The van der Waals surface area contributed by atoms with E-state index in [2.05, 4.69) is 14.7 Å². The maximum atomic E-state index is 13.1. The van der Waals surface area contributed by atoms with Gasteiger partial charge in [-0.25, -0.2) is 4.99 Å². The largest absolute Gasteiger partial charge is 0.469 e. The number of carbonyl (C=O) groups excluding carboxylic acids is 2. The summed E-state index contributed by atoms with van der Waals surface area (Å²) in [6.45, 7) is 3.19. The smallest absolute Gasteiger partial charge is 0.311 e. The van der Waals surface area contributed by atoms with E-state index >= 15 is 0 Å². The first-order valence-corrected chi connectivity index (χ1v) is 11.0. The standard InChI is InChI=1S/C25H30N4O4/c1-3-9-29(10-4-11-30)25(32)20-12-18-6-5-17(13-22(18)28-23(26)14-20)19-7-8-21(27-16-19)15-24(31)33-2/h5-8,12-13,16,30H,3-4,9-11,14-15H2,1-2H3,(H2,26,28). The molecule has 0 radical (unpaired) electrons. The Morgan fingerprint density at radius 2 is 1.97 bits per heavy atom. The van der Waals surface area contributed by atoms with E-state index in [0.717, 1.165) is 23.1 Å². The number of pyridine rings is 1. The SMILES string of the molecule is CCCN(CCCO)C(=O)C1=Cc2ccc(-c3ccc(CC(=O)OC)nc3)cc2N=C(N)C1. The number of amides is 1. The zero-order chi connectivity index (χ0) is 23.8. The van der Waals surface area contributed by atoms with Crippen molar-refractivity contribution in [1.82, 2.24) is 9.88 Å². The van der Waals surface area contributed by atoms with Crippen LogP contribution in [0, 0.1) is 0 Å². The molecule has 1 aromatic carbocycles. The van der Waals surface area contributed by atoms with E-state index in [1.54, 1.807) is 17.2 Å². The summed E-state index contributed by atoms with van der Waals surface area (Å²) in [7, 11) is 1.35. The molecular formula is C25H30N4O4. The third-order valence-electron chi connectivity index (χ3n) is 5.35. The van der Waals surface area contributed by atoms with Gasteiger partial charge in [0.25, 0.3) is 0 Å². The molecule has 0 aliphatic carbocycles. The molecule has 3 N–H and O–H groups in total. The van der Waals surface area contributed by atoms with Gasteiger partial charge in [0, 0.05) is 49.0 Å². The Labute approximate surface area is 193 Å². The van der Waals surface area contributed by atoms with Crippen molar-refractivity contribution in [2.45, 2.75) is 32.6 Å². The van der Waals surface area contributed by atoms with Gasteiger partial charge in [-0.1, -0.05) is 25.1 Å². The van der Waals surface area contributed by atoms with E-state index < -0.39 is 0 Å². The number of aliphatic hydroxyl groups is 1. The average Bonchev–Trinajstić information content (AvgIpc) is 2.99. The molecule has 0 fully saturated rings. The summed E-state index contributed by atoms with van der Waals surface area (Å²) in [4.78, 5) is 35.2. The molecule has 2 heterocycles. The molecule has 1 amide bonds. The summed E-state index contributed by atoms with van der Waals surface area (Å²) in [6, 6.07) is 9.46. The molecule has 1 aromatic heterocycles. The molecule has 174 valence electrons. The van der Waals surface area contributed by atoms with Gasteiger partial charge >= 0.3 is 5.97 Å². The molecule has 3 rings (SSSR count). The lowest BCUT2D eigenvalue weighted by atomic mass is 10.0. The maximum absolute atomic E-state index is 13.1. The van der Waals surface area contributed by atoms with Gasteiger partial charge in [-0.05, 0) is 36.6 Å². The van der Waals surface area contributed by atoms with Gasteiger partial charge in [0.2, 0.25) is 5.91 Å². The second kappa shape index (κ2) is 11.4. The number of fused-ring (bicyclic) bond motifs is 1. The number of aromatic nitrogens is 1. The van der Waals surface area contributed by atoms with Gasteiger partial charge in [-0.2, -0.15) is 0 Å². The molecular weight excluding hydrogens is 420 g/mol. The van der Waals surface area contributed by atoms with Crippen molar-refractivity contribution >= 4 is 29.5 Å². The fraction of sp³-hybridized carbons (Fsp3) is 0.360. The molecule has 0 saturated carbocycles. The second-order valence-electron chi connectivity index (χ2n) is 7.88. The lowest BCUT2D eigenvalue weighted by Gasteiger charge is -2.23. The van der Waals surface area contributed by atoms with Gasteiger partial charge in [-0.3, -0.25) is 14.6 Å². The maximum Gasteiger partial charge on any atom is 0.311 e. The van der Waals surface area contributed by atoms with Crippen LogP contribution in [0.5, 0.6) is 0 Å². The third kappa shape index (κ3) is 6.26. The van der Waals surface area contributed by atoms with Crippen LogP contribution in [-0.4, -0.2) is 59.5 Å². The van der Waals surface area contributed by atoms with Crippen LogP contribution in [0.25, 0.3) is 17.2 Å². The Kier molecular flexibility index (Phi) is 8.32. The van der Waals surface area contributed by atoms with Crippen LogP contribution in [0.1, 0.15) is 37.4 Å². The van der Waals surface area contributed by atoms with E-state index in [4.69, 9.17) is 10.8 Å². The molecule has 8 nitrogen and oxygen atoms in total. The zero-order valence-electron chi connectivity index (χ0n) is 19.1. The first kappa shape index (κ1) is 24.1. The van der Waals surface area contributed by atoms with Crippen molar-refractivity contribution in [3.8, 4) is 11.1 Å². The molecule has 2 aromatic rings. The summed E-state index contributed by atoms with van der Waals surface area (Å²) < 4.78 is 4.68. The highest BCUT2D eigenvalue weighted by Crippen LogP contribution is 2.32. The lowest BCUT2D eigenvalue weighted by Crippen LogP contribution is -2.35. The van der Waals surface area contributed by atoms with Gasteiger partial charge in [0.1, 0.15) is 5.84 Å². The minimum Gasteiger partial charge on any atom is -0.469 e. The number of nitrogens with two attached hydrogens (primary N) is 1. The minimum atomic E-state index is -0.337. The number of hydrogen-bond donors (Lipinski definition) is 2. The molecule has 8 heteroatoms. The highest BCUT2D eigenvalue weighted by molar-refractivity contribution is 6.05. The van der Waals surface area contributed by atoms with Crippen LogP contribution in [0.4, 0.5) is 5.69 Å². The lowest BCUT2D eigenvalue weighted by molar-refractivity contribution is -0.139. The summed E-state index contributed by atoms with van der Waals surface area (Å²) in [5.74, 6) is -0.0440. The quantitative estimate of drug-likeness (QED) is 0.567. The number of esters is 1. The van der Waals surface area contributed by atoms with Crippen LogP contribution in [0.2, 0.25) is 0 Å². The first-order valence-electron chi connectivity index (χ1n) is 11.0. The fourth-order valence-electron chi connectivity index (χ4n) is 3.68. The summed E-state index contributed by atoms with van der Waals surface area (Å²) in [5, 5.41) is 9.16. The van der Waals surface area contributed by atoms with Crippen LogP contribution in [-0.2, 0) is 20.7 Å². The fourth-order valence-corrected chi connectivity index (χ4v) is 3.68. The van der Waals surface area contributed by atoms with Crippen molar-refractivity contribution in [3.63, 3.8) is 0 Å². The first-order chi connectivity index (χ1) is 15.9. The van der Waals surface area contributed by atoms with Crippen LogP contribution >= 0.6 is 0 Å².